The molecule has 8 nitrogen and oxygen atoms in total. The van der Waals surface area contributed by atoms with Crippen molar-refractivity contribution in [2.75, 3.05) is 12.4 Å². The van der Waals surface area contributed by atoms with E-state index in [0.29, 0.717) is 33.5 Å². The van der Waals surface area contributed by atoms with Crippen molar-refractivity contribution < 1.29 is 13.9 Å². The lowest BCUT2D eigenvalue weighted by Gasteiger charge is -2.12. The summed E-state index contributed by atoms with van der Waals surface area (Å²) in [5, 5.41) is 17.0. The Morgan fingerprint density at radius 2 is 2.09 bits per heavy atom. The molecule has 5 rings (SSSR count). The highest BCUT2D eigenvalue weighted by Gasteiger charge is 2.43. The van der Waals surface area contributed by atoms with Crippen LogP contribution in [0.4, 0.5) is 9.52 Å². The molecular formula is C22H19FN6O2S. The summed E-state index contributed by atoms with van der Waals surface area (Å²) in [4.78, 5) is 17.1. The van der Waals surface area contributed by atoms with Gasteiger partial charge in [-0.25, -0.2) is 4.39 Å². The van der Waals surface area contributed by atoms with Gasteiger partial charge in [0.05, 0.1) is 18.4 Å². The molecule has 0 spiro atoms. The van der Waals surface area contributed by atoms with Crippen LogP contribution < -0.4 is 10.1 Å². The number of pyridine rings is 1. The van der Waals surface area contributed by atoms with Gasteiger partial charge in [0.25, 0.3) is 5.91 Å². The van der Waals surface area contributed by atoms with Crippen molar-refractivity contribution in [2.24, 2.45) is 7.05 Å². The van der Waals surface area contributed by atoms with E-state index in [2.05, 4.69) is 25.6 Å². The summed E-state index contributed by atoms with van der Waals surface area (Å²) in [5.74, 6) is 0.229. The van der Waals surface area contributed by atoms with Gasteiger partial charge in [-0.05, 0) is 36.8 Å². The van der Waals surface area contributed by atoms with Crippen LogP contribution >= 0.6 is 11.3 Å². The molecule has 0 saturated heterocycles. The van der Waals surface area contributed by atoms with Gasteiger partial charge in [-0.3, -0.25) is 19.8 Å². The number of methoxy groups -OCH3 is 1. The summed E-state index contributed by atoms with van der Waals surface area (Å²) in [7, 11) is 3.39. The fourth-order valence-electron chi connectivity index (χ4n) is 3.72. The van der Waals surface area contributed by atoms with Crippen LogP contribution in [0.3, 0.4) is 0 Å². The number of carbonyl (C=O) groups is 1. The average Bonchev–Trinajstić information content (AvgIpc) is 3.25. The van der Waals surface area contributed by atoms with E-state index < -0.39 is 5.82 Å². The van der Waals surface area contributed by atoms with E-state index in [0.717, 1.165) is 17.1 Å². The van der Waals surface area contributed by atoms with Crippen LogP contribution in [-0.4, -0.2) is 38.0 Å². The number of anilines is 1. The number of amides is 1. The maximum atomic E-state index is 13.9. The first-order valence-electron chi connectivity index (χ1n) is 9.95. The number of ether oxygens (including phenoxy) is 1. The van der Waals surface area contributed by atoms with Crippen molar-refractivity contribution in [3.63, 3.8) is 0 Å². The minimum Gasteiger partial charge on any atom is -0.496 e. The molecule has 0 bridgehead atoms. The molecule has 4 aromatic rings. The molecule has 10 heteroatoms. The highest BCUT2D eigenvalue weighted by atomic mass is 32.1. The van der Waals surface area contributed by atoms with Crippen molar-refractivity contribution in [2.45, 2.75) is 18.3 Å². The SMILES string of the molecule is COc1ccc(F)cc1-c1cnccc1C(=O)Nc1nnc([C@@H]2C[C@H]2c2ccn(C)n2)s1. The third kappa shape index (κ3) is 3.84. The molecule has 0 aliphatic heterocycles. The first-order chi connectivity index (χ1) is 15.5. The molecule has 1 N–H and O–H groups in total. The Balaban J connectivity index is 1.36. The van der Waals surface area contributed by atoms with Crippen molar-refractivity contribution in [3.05, 3.63) is 71.0 Å². The smallest absolute Gasteiger partial charge is 0.258 e. The Bertz CT molecular complexity index is 1300. The van der Waals surface area contributed by atoms with Crippen LogP contribution in [0, 0.1) is 5.82 Å². The van der Waals surface area contributed by atoms with E-state index >= 15 is 0 Å². The molecule has 3 heterocycles. The third-order valence-corrected chi connectivity index (χ3v) is 6.37. The second-order valence-electron chi connectivity index (χ2n) is 7.53. The van der Waals surface area contributed by atoms with Gasteiger partial charge in [0.15, 0.2) is 0 Å². The molecule has 1 fully saturated rings. The first-order valence-corrected chi connectivity index (χ1v) is 10.8. The second-order valence-corrected chi connectivity index (χ2v) is 8.54. The number of aromatic nitrogens is 5. The number of aryl methyl sites for hydroxylation is 1. The molecule has 0 unspecified atom stereocenters. The molecule has 1 saturated carbocycles. The van der Waals surface area contributed by atoms with E-state index in [1.807, 2.05) is 19.3 Å². The standard InChI is InChI=1S/C22H19FN6O2S/c1-29-8-6-18(28-29)14-10-16(14)21-26-27-22(32-21)25-20(30)13-5-7-24-11-17(13)15-9-12(23)3-4-19(15)31-2/h3-9,11,14,16H,10H2,1-2H3,(H,25,27,30)/t14-,16-/m1/s1. The number of halogens is 1. The van der Waals surface area contributed by atoms with E-state index in [4.69, 9.17) is 4.74 Å². The minimum atomic E-state index is -0.434. The molecule has 0 radical (unpaired) electrons. The van der Waals surface area contributed by atoms with Gasteiger partial charge in [-0.15, -0.1) is 10.2 Å². The van der Waals surface area contributed by atoms with E-state index in [1.54, 1.807) is 10.7 Å². The zero-order valence-corrected chi connectivity index (χ0v) is 18.1. The molecular weight excluding hydrogens is 431 g/mol. The predicted octanol–water partition coefficient (Wildman–Crippen LogP) is 4.00. The molecule has 3 aromatic heterocycles. The molecule has 32 heavy (non-hydrogen) atoms. The highest BCUT2D eigenvalue weighted by Crippen LogP contribution is 2.55. The first kappa shape index (κ1) is 20.3. The zero-order chi connectivity index (χ0) is 22.2. The van der Waals surface area contributed by atoms with Gasteiger partial charge >= 0.3 is 0 Å². The number of hydrogen-bond acceptors (Lipinski definition) is 7. The van der Waals surface area contributed by atoms with Crippen LogP contribution in [-0.2, 0) is 7.05 Å². The number of nitrogens with zero attached hydrogens (tertiary/aromatic N) is 5. The Morgan fingerprint density at radius 3 is 2.88 bits per heavy atom. The van der Waals surface area contributed by atoms with Crippen molar-refractivity contribution in [3.8, 4) is 16.9 Å². The average molecular weight is 450 g/mol. The zero-order valence-electron chi connectivity index (χ0n) is 17.3. The van der Waals surface area contributed by atoms with Gasteiger partial charge < -0.3 is 4.74 Å². The molecule has 1 amide bonds. The summed E-state index contributed by atoms with van der Waals surface area (Å²) in [6.45, 7) is 0. The Hall–Kier alpha value is -3.66. The summed E-state index contributed by atoms with van der Waals surface area (Å²) in [6, 6.07) is 7.73. The van der Waals surface area contributed by atoms with E-state index in [9.17, 15) is 9.18 Å². The molecule has 1 aliphatic rings. The van der Waals surface area contributed by atoms with E-state index in [-0.39, 0.29) is 11.8 Å². The summed E-state index contributed by atoms with van der Waals surface area (Å²) in [6.07, 6.45) is 5.92. The van der Waals surface area contributed by atoms with Crippen LogP contribution in [0.5, 0.6) is 5.75 Å². The number of benzene rings is 1. The van der Waals surface area contributed by atoms with Crippen LogP contribution in [0.1, 0.15) is 39.3 Å². The Kier molecular flexibility index (Phi) is 5.14. The Morgan fingerprint density at radius 1 is 1.22 bits per heavy atom. The summed E-state index contributed by atoms with van der Waals surface area (Å²) >= 11 is 1.35. The normalized spacial score (nSPS) is 17.2. The third-order valence-electron chi connectivity index (χ3n) is 5.40. The largest absolute Gasteiger partial charge is 0.496 e. The maximum Gasteiger partial charge on any atom is 0.258 e. The van der Waals surface area contributed by atoms with E-state index in [1.165, 1.54) is 49.0 Å². The van der Waals surface area contributed by atoms with Crippen molar-refractivity contribution in [1.29, 1.82) is 0 Å². The monoisotopic (exact) mass is 450 g/mol. The minimum absolute atomic E-state index is 0.265. The number of carbonyl (C=O) groups excluding carboxylic acids is 1. The summed E-state index contributed by atoms with van der Waals surface area (Å²) in [5.41, 5.74) is 2.28. The van der Waals surface area contributed by atoms with Crippen molar-refractivity contribution in [1.82, 2.24) is 25.0 Å². The predicted molar refractivity (Wildman–Crippen MR) is 117 cm³/mol. The quantitative estimate of drug-likeness (QED) is 0.477. The molecule has 2 atom stereocenters. The lowest BCUT2D eigenvalue weighted by Crippen LogP contribution is -2.13. The highest BCUT2D eigenvalue weighted by molar-refractivity contribution is 7.15. The van der Waals surface area contributed by atoms with Crippen LogP contribution in [0.25, 0.3) is 11.1 Å². The van der Waals surface area contributed by atoms with Crippen LogP contribution in [0.15, 0.2) is 48.9 Å². The van der Waals surface area contributed by atoms with Gasteiger partial charge in [0, 0.05) is 48.6 Å². The van der Waals surface area contributed by atoms with Crippen LogP contribution in [0.2, 0.25) is 0 Å². The molecule has 1 aliphatic carbocycles. The molecule has 162 valence electrons. The summed E-state index contributed by atoms with van der Waals surface area (Å²) < 4.78 is 21.0. The lowest BCUT2D eigenvalue weighted by atomic mass is 10.0. The number of hydrogen-bond donors (Lipinski definition) is 1. The van der Waals surface area contributed by atoms with Gasteiger partial charge in [0.2, 0.25) is 5.13 Å². The topological polar surface area (TPSA) is 94.8 Å². The van der Waals surface area contributed by atoms with Gasteiger partial charge in [-0.2, -0.15) is 5.10 Å². The van der Waals surface area contributed by atoms with Gasteiger partial charge in [-0.1, -0.05) is 11.3 Å². The number of nitrogens with one attached hydrogen (secondary N) is 1. The fraction of sp³-hybridized carbons (Fsp3) is 0.227. The second kappa shape index (κ2) is 8.12. The molecule has 1 aromatic carbocycles. The maximum absolute atomic E-state index is 13.9. The van der Waals surface area contributed by atoms with Crippen molar-refractivity contribution >= 4 is 22.4 Å². The lowest BCUT2D eigenvalue weighted by molar-refractivity contribution is 0.102. The fourth-order valence-corrected chi connectivity index (χ4v) is 4.64. The number of rotatable bonds is 6. The van der Waals surface area contributed by atoms with Gasteiger partial charge in [0.1, 0.15) is 16.6 Å². The Labute approximate surface area is 187 Å².